The van der Waals surface area contributed by atoms with Crippen LogP contribution in [0.1, 0.15) is 24.2 Å². The highest BCUT2D eigenvalue weighted by atomic mass is 35.5. The number of hydrogen-bond donors (Lipinski definition) is 0. The van der Waals surface area contributed by atoms with Crippen molar-refractivity contribution in [3.05, 3.63) is 23.8 Å². The summed E-state index contributed by atoms with van der Waals surface area (Å²) in [5, 5.41) is -0.539. The molecule has 1 heterocycles. The zero-order valence-electron chi connectivity index (χ0n) is 7.83. The van der Waals surface area contributed by atoms with Gasteiger partial charge in [-0.25, -0.2) is 0 Å². The van der Waals surface area contributed by atoms with Gasteiger partial charge in [-0.05, 0) is 23.7 Å². The molecule has 3 nitrogen and oxygen atoms in total. The van der Waals surface area contributed by atoms with E-state index in [1.54, 1.807) is 32.0 Å². The zero-order chi connectivity index (χ0) is 10.3. The number of halogens is 1. The second kappa shape index (κ2) is 2.89. The van der Waals surface area contributed by atoms with Gasteiger partial charge >= 0.3 is 0 Å². The zero-order valence-corrected chi connectivity index (χ0v) is 8.59. The van der Waals surface area contributed by atoms with Crippen molar-refractivity contribution in [3.8, 4) is 11.5 Å². The average Bonchev–Trinajstić information content (AvgIpc) is 2.36. The first-order chi connectivity index (χ1) is 6.49. The van der Waals surface area contributed by atoms with Gasteiger partial charge in [0, 0.05) is 13.8 Å². The van der Waals surface area contributed by atoms with E-state index in [-0.39, 0.29) is 0 Å². The summed E-state index contributed by atoms with van der Waals surface area (Å²) in [6, 6.07) is 5.06. The number of carbonyl (C=O) groups is 1. The van der Waals surface area contributed by atoms with Crippen molar-refractivity contribution in [1.82, 2.24) is 0 Å². The maximum absolute atomic E-state index is 11.0. The number of rotatable bonds is 1. The summed E-state index contributed by atoms with van der Waals surface area (Å²) >= 11 is 5.41. The summed E-state index contributed by atoms with van der Waals surface area (Å²) < 4.78 is 10.9. The summed E-state index contributed by atoms with van der Waals surface area (Å²) in [5.74, 6) is 0.254. The number of fused-ring (bicyclic) bond motifs is 1. The van der Waals surface area contributed by atoms with Crippen molar-refractivity contribution >= 4 is 16.8 Å². The Morgan fingerprint density at radius 2 is 2.07 bits per heavy atom. The van der Waals surface area contributed by atoms with Crippen molar-refractivity contribution in [2.45, 2.75) is 19.6 Å². The fraction of sp³-hybridized carbons (Fsp3) is 0.300. The van der Waals surface area contributed by atoms with E-state index in [1.165, 1.54) is 0 Å². The highest BCUT2D eigenvalue weighted by molar-refractivity contribution is 6.68. The van der Waals surface area contributed by atoms with Crippen LogP contribution < -0.4 is 9.47 Å². The SMILES string of the molecule is CC1(C)Oc2cccc(C(=O)Cl)c2O1. The Morgan fingerprint density at radius 3 is 2.71 bits per heavy atom. The fourth-order valence-electron chi connectivity index (χ4n) is 1.39. The van der Waals surface area contributed by atoms with E-state index in [4.69, 9.17) is 21.1 Å². The maximum Gasteiger partial charge on any atom is 0.256 e. The third kappa shape index (κ3) is 1.44. The number of hydrogen-bond acceptors (Lipinski definition) is 3. The van der Waals surface area contributed by atoms with Crippen molar-refractivity contribution < 1.29 is 14.3 Å². The van der Waals surface area contributed by atoms with E-state index in [0.29, 0.717) is 17.1 Å². The van der Waals surface area contributed by atoms with Gasteiger partial charge in [0.05, 0.1) is 5.56 Å². The molecule has 0 spiro atoms. The van der Waals surface area contributed by atoms with Crippen LogP contribution in [0.5, 0.6) is 11.5 Å². The number of carbonyl (C=O) groups excluding carboxylic acids is 1. The Labute approximate surface area is 86.6 Å². The predicted octanol–water partition coefficient (Wildman–Crippen LogP) is 2.57. The summed E-state index contributed by atoms with van der Waals surface area (Å²) in [6.45, 7) is 3.55. The van der Waals surface area contributed by atoms with Gasteiger partial charge < -0.3 is 9.47 Å². The van der Waals surface area contributed by atoms with Gasteiger partial charge in [0.15, 0.2) is 11.5 Å². The van der Waals surface area contributed by atoms with Crippen LogP contribution in [0.3, 0.4) is 0 Å². The van der Waals surface area contributed by atoms with Crippen molar-refractivity contribution in [1.29, 1.82) is 0 Å². The van der Waals surface area contributed by atoms with Crippen LogP contribution in [0.15, 0.2) is 18.2 Å². The molecule has 1 aromatic rings. The molecule has 1 aromatic carbocycles. The van der Waals surface area contributed by atoms with E-state index < -0.39 is 11.0 Å². The molecule has 0 radical (unpaired) electrons. The smallest absolute Gasteiger partial charge is 0.256 e. The first-order valence-electron chi connectivity index (χ1n) is 4.20. The number of para-hydroxylation sites is 1. The monoisotopic (exact) mass is 212 g/mol. The Bertz CT molecular complexity index is 398. The van der Waals surface area contributed by atoms with E-state index in [0.717, 1.165) is 0 Å². The molecule has 2 rings (SSSR count). The lowest BCUT2D eigenvalue weighted by Gasteiger charge is -2.16. The minimum Gasteiger partial charge on any atom is -0.449 e. The van der Waals surface area contributed by atoms with Crippen LogP contribution in [0.2, 0.25) is 0 Å². The summed E-state index contributed by atoms with van der Waals surface area (Å²) in [4.78, 5) is 11.0. The molecule has 0 unspecified atom stereocenters. The lowest BCUT2D eigenvalue weighted by atomic mass is 10.2. The summed E-state index contributed by atoms with van der Waals surface area (Å²) in [6.07, 6.45) is 0. The van der Waals surface area contributed by atoms with Gasteiger partial charge in [0.25, 0.3) is 5.24 Å². The molecule has 1 aliphatic rings. The van der Waals surface area contributed by atoms with E-state index in [2.05, 4.69) is 0 Å². The van der Waals surface area contributed by atoms with Crippen LogP contribution >= 0.6 is 11.6 Å². The highest BCUT2D eigenvalue weighted by Gasteiger charge is 2.34. The van der Waals surface area contributed by atoms with E-state index >= 15 is 0 Å². The Kier molecular flexibility index (Phi) is 1.93. The second-order valence-corrected chi connectivity index (χ2v) is 3.85. The average molecular weight is 213 g/mol. The molecule has 0 atom stereocenters. The molecule has 4 heteroatoms. The summed E-state index contributed by atoms with van der Waals surface area (Å²) in [7, 11) is 0. The van der Waals surface area contributed by atoms with Crippen molar-refractivity contribution in [2.24, 2.45) is 0 Å². The first kappa shape index (κ1) is 9.34. The standard InChI is InChI=1S/C10H9ClO3/c1-10(2)13-7-5-3-4-6(9(11)12)8(7)14-10/h3-5H,1-2H3. The second-order valence-electron chi connectivity index (χ2n) is 3.51. The number of benzene rings is 1. The van der Waals surface area contributed by atoms with Crippen LogP contribution in [0, 0.1) is 0 Å². The Morgan fingerprint density at radius 1 is 1.36 bits per heavy atom. The topological polar surface area (TPSA) is 35.5 Å². The van der Waals surface area contributed by atoms with Crippen molar-refractivity contribution in [3.63, 3.8) is 0 Å². The fourth-order valence-corrected chi connectivity index (χ4v) is 1.54. The van der Waals surface area contributed by atoms with E-state index in [1.807, 2.05) is 0 Å². The molecule has 74 valence electrons. The van der Waals surface area contributed by atoms with Gasteiger partial charge in [-0.3, -0.25) is 4.79 Å². The minimum atomic E-state index is -0.731. The number of ether oxygens (including phenoxy) is 2. The molecular weight excluding hydrogens is 204 g/mol. The molecule has 14 heavy (non-hydrogen) atoms. The van der Waals surface area contributed by atoms with Gasteiger partial charge in [0.1, 0.15) is 0 Å². The van der Waals surface area contributed by atoms with Crippen LogP contribution in [-0.4, -0.2) is 11.0 Å². The van der Waals surface area contributed by atoms with Crippen LogP contribution in [0.4, 0.5) is 0 Å². The quantitative estimate of drug-likeness (QED) is 0.672. The van der Waals surface area contributed by atoms with Gasteiger partial charge in [-0.2, -0.15) is 0 Å². The molecule has 0 saturated carbocycles. The molecular formula is C10H9ClO3. The van der Waals surface area contributed by atoms with Gasteiger partial charge in [0.2, 0.25) is 5.79 Å². The minimum absolute atomic E-state index is 0.342. The molecule has 0 aliphatic carbocycles. The molecule has 0 N–H and O–H groups in total. The third-order valence-electron chi connectivity index (χ3n) is 1.89. The molecule has 1 aliphatic heterocycles. The predicted molar refractivity (Wildman–Crippen MR) is 52.0 cm³/mol. The van der Waals surface area contributed by atoms with Gasteiger partial charge in [-0.1, -0.05) is 6.07 Å². The van der Waals surface area contributed by atoms with Crippen LogP contribution in [-0.2, 0) is 0 Å². The molecule has 0 aromatic heterocycles. The molecule has 0 bridgehead atoms. The third-order valence-corrected chi connectivity index (χ3v) is 2.10. The van der Waals surface area contributed by atoms with Gasteiger partial charge in [-0.15, -0.1) is 0 Å². The molecule has 0 amide bonds. The Balaban J connectivity index is 2.52. The summed E-state index contributed by atoms with van der Waals surface area (Å²) in [5.41, 5.74) is 0.342. The largest absolute Gasteiger partial charge is 0.449 e. The van der Waals surface area contributed by atoms with Crippen LogP contribution in [0.25, 0.3) is 0 Å². The lowest BCUT2D eigenvalue weighted by molar-refractivity contribution is -0.0432. The lowest BCUT2D eigenvalue weighted by Crippen LogP contribution is -2.29. The van der Waals surface area contributed by atoms with Crippen molar-refractivity contribution in [2.75, 3.05) is 0 Å². The Hall–Kier alpha value is -1.22. The maximum atomic E-state index is 11.0. The molecule has 0 saturated heterocycles. The highest BCUT2D eigenvalue weighted by Crippen LogP contribution is 2.41. The first-order valence-corrected chi connectivity index (χ1v) is 4.58. The normalized spacial score (nSPS) is 16.8. The van der Waals surface area contributed by atoms with E-state index in [9.17, 15) is 4.79 Å². The molecule has 0 fully saturated rings.